The van der Waals surface area contributed by atoms with Gasteiger partial charge in [-0.3, -0.25) is 14.3 Å². The van der Waals surface area contributed by atoms with Crippen LogP contribution >= 0.6 is 0 Å². The van der Waals surface area contributed by atoms with Gasteiger partial charge < -0.3 is 15.0 Å². The predicted molar refractivity (Wildman–Crippen MR) is 147 cm³/mol. The van der Waals surface area contributed by atoms with Crippen LogP contribution in [0.4, 0.5) is 16.3 Å². The number of sulfone groups is 1. The number of nitrogens with zero attached hydrogens (tertiary/aromatic N) is 6. The molecule has 11 nitrogen and oxygen atoms in total. The summed E-state index contributed by atoms with van der Waals surface area (Å²) in [6, 6.07) is 3.79. The second-order valence-electron chi connectivity index (χ2n) is 10.4. The lowest BCUT2D eigenvalue weighted by molar-refractivity contribution is 0.0660. The van der Waals surface area contributed by atoms with E-state index in [1.54, 1.807) is 35.1 Å². The minimum Gasteiger partial charge on any atom is -0.381 e. The van der Waals surface area contributed by atoms with Crippen molar-refractivity contribution in [2.45, 2.75) is 43.2 Å². The van der Waals surface area contributed by atoms with Crippen molar-refractivity contribution in [1.82, 2.24) is 29.8 Å². The van der Waals surface area contributed by atoms with Crippen molar-refractivity contribution in [2.75, 3.05) is 38.0 Å². The predicted octanol–water partition coefficient (Wildman–Crippen LogP) is 3.25. The van der Waals surface area contributed by atoms with Crippen LogP contribution in [0.1, 0.15) is 42.1 Å². The van der Waals surface area contributed by atoms with E-state index in [1.807, 2.05) is 25.4 Å². The highest BCUT2D eigenvalue weighted by Crippen LogP contribution is 2.42. The van der Waals surface area contributed by atoms with Gasteiger partial charge in [-0.1, -0.05) is 0 Å². The third-order valence-electron chi connectivity index (χ3n) is 7.75. The molecule has 39 heavy (non-hydrogen) atoms. The zero-order valence-corrected chi connectivity index (χ0v) is 23.2. The largest absolute Gasteiger partial charge is 0.381 e. The number of ether oxygens (including phenoxy) is 1. The van der Waals surface area contributed by atoms with Gasteiger partial charge in [-0.2, -0.15) is 10.2 Å². The number of hydrogen-bond acceptors (Lipinski definition) is 7. The Hall–Kier alpha value is -3.64. The Morgan fingerprint density at radius 1 is 1.21 bits per heavy atom. The molecule has 12 heteroatoms. The van der Waals surface area contributed by atoms with E-state index in [0.29, 0.717) is 31.9 Å². The van der Waals surface area contributed by atoms with Crippen molar-refractivity contribution in [1.29, 1.82) is 0 Å². The molecule has 6 rings (SSSR count). The van der Waals surface area contributed by atoms with Crippen molar-refractivity contribution >= 4 is 33.4 Å². The Morgan fingerprint density at radius 2 is 2.00 bits per heavy atom. The van der Waals surface area contributed by atoms with Gasteiger partial charge >= 0.3 is 6.03 Å². The molecule has 0 bridgehead atoms. The number of aromatic nitrogens is 4. The number of aryl methyl sites for hydroxylation is 2. The lowest BCUT2D eigenvalue weighted by atomic mass is 9.96. The van der Waals surface area contributed by atoms with E-state index in [1.165, 1.54) is 6.26 Å². The SMILES string of the molecule is CNC(=O)N1C=Cc2c(c(N3CCCc4cc(-c5cnn(C)c5)c(S(C)(=O)=O)cc43)nn2C2CCOCC2)C1. The van der Waals surface area contributed by atoms with Gasteiger partial charge in [0.1, 0.15) is 0 Å². The molecule has 206 valence electrons. The fourth-order valence-electron chi connectivity index (χ4n) is 5.82. The Labute approximate surface area is 227 Å². The van der Waals surface area contributed by atoms with E-state index >= 15 is 0 Å². The average Bonchev–Trinajstić information content (AvgIpc) is 3.55. The number of carbonyl (C=O) groups excluding carboxylic acids is 1. The Kier molecular flexibility index (Phi) is 6.46. The normalized spacial score (nSPS) is 17.7. The number of urea groups is 1. The van der Waals surface area contributed by atoms with E-state index < -0.39 is 9.84 Å². The molecule has 0 atom stereocenters. The fourth-order valence-corrected chi connectivity index (χ4v) is 6.72. The molecule has 3 aliphatic heterocycles. The lowest BCUT2D eigenvalue weighted by Gasteiger charge is -2.32. The number of amides is 2. The van der Waals surface area contributed by atoms with Crippen LogP contribution in [0.15, 0.2) is 35.6 Å². The van der Waals surface area contributed by atoms with Crippen molar-refractivity contribution in [3.05, 3.63) is 47.5 Å². The Balaban J connectivity index is 1.50. The molecule has 3 aliphatic rings. The fraction of sp³-hybridized carbons (Fsp3) is 0.444. The number of benzene rings is 1. The quantitative estimate of drug-likeness (QED) is 0.529. The van der Waals surface area contributed by atoms with Crippen LogP contribution < -0.4 is 10.2 Å². The van der Waals surface area contributed by atoms with Crippen LogP contribution in [0.25, 0.3) is 17.2 Å². The maximum atomic E-state index is 13.0. The van der Waals surface area contributed by atoms with Gasteiger partial charge in [0, 0.05) is 74.9 Å². The summed E-state index contributed by atoms with van der Waals surface area (Å²) < 4.78 is 35.4. The number of rotatable bonds is 4. The first kappa shape index (κ1) is 25.6. The van der Waals surface area contributed by atoms with Gasteiger partial charge in [0.05, 0.1) is 29.4 Å². The lowest BCUT2D eigenvalue weighted by Crippen LogP contribution is -2.35. The van der Waals surface area contributed by atoms with Gasteiger partial charge in [-0.05, 0) is 49.5 Å². The maximum absolute atomic E-state index is 13.0. The van der Waals surface area contributed by atoms with Gasteiger partial charge in [0.25, 0.3) is 0 Å². The standard InChI is InChI=1S/C27H33N7O4S/c1-28-27(35)32-10-6-23-22(17-32)26(30-34(23)20-7-11-38-12-8-20)33-9-4-5-18-13-21(19-15-29-31(2)16-19)25(14-24(18)33)39(3,36)37/h6,10,13-16,20H,4-5,7-9,11-12,17H2,1-3H3,(H,28,35). The number of nitrogens with one attached hydrogen (secondary N) is 1. The molecular formula is C27H33N7O4S. The summed E-state index contributed by atoms with van der Waals surface area (Å²) in [6.07, 6.45) is 12.0. The molecule has 2 aromatic heterocycles. The first-order valence-electron chi connectivity index (χ1n) is 13.2. The summed E-state index contributed by atoms with van der Waals surface area (Å²) in [4.78, 5) is 16.6. The monoisotopic (exact) mass is 551 g/mol. The van der Waals surface area contributed by atoms with Crippen LogP contribution in [0.5, 0.6) is 0 Å². The molecule has 0 unspecified atom stereocenters. The molecule has 1 saturated heterocycles. The van der Waals surface area contributed by atoms with Gasteiger partial charge in [0.2, 0.25) is 0 Å². The third-order valence-corrected chi connectivity index (χ3v) is 8.89. The molecular weight excluding hydrogens is 518 g/mol. The van der Waals surface area contributed by atoms with E-state index in [4.69, 9.17) is 9.84 Å². The Morgan fingerprint density at radius 3 is 2.69 bits per heavy atom. The van der Waals surface area contributed by atoms with E-state index in [0.717, 1.165) is 59.6 Å². The highest BCUT2D eigenvalue weighted by atomic mass is 32.2. The minimum atomic E-state index is -3.54. The molecule has 2 amide bonds. The molecule has 5 heterocycles. The van der Waals surface area contributed by atoms with E-state index in [-0.39, 0.29) is 17.0 Å². The second kappa shape index (κ2) is 9.83. The summed E-state index contributed by atoms with van der Waals surface area (Å²) in [5.41, 5.74) is 5.28. The Bertz CT molecular complexity index is 1570. The topological polar surface area (TPSA) is 115 Å². The van der Waals surface area contributed by atoms with E-state index in [2.05, 4.69) is 20.0 Å². The van der Waals surface area contributed by atoms with E-state index in [9.17, 15) is 13.2 Å². The van der Waals surface area contributed by atoms with Crippen LogP contribution in [0.3, 0.4) is 0 Å². The third kappa shape index (κ3) is 4.61. The van der Waals surface area contributed by atoms with Gasteiger partial charge in [-0.25, -0.2) is 13.2 Å². The minimum absolute atomic E-state index is 0.193. The summed E-state index contributed by atoms with van der Waals surface area (Å²) in [5, 5.41) is 12.1. The average molecular weight is 552 g/mol. The molecule has 1 fully saturated rings. The zero-order valence-electron chi connectivity index (χ0n) is 22.4. The van der Waals surface area contributed by atoms with Crippen LogP contribution in [0.2, 0.25) is 0 Å². The number of carbonyl (C=O) groups is 1. The highest BCUT2D eigenvalue weighted by Gasteiger charge is 2.33. The first-order chi connectivity index (χ1) is 18.7. The maximum Gasteiger partial charge on any atom is 0.321 e. The summed E-state index contributed by atoms with van der Waals surface area (Å²) >= 11 is 0. The van der Waals surface area contributed by atoms with Gasteiger partial charge in [-0.15, -0.1) is 0 Å². The molecule has 1 aromatic carbocycles. The summed E-state index contributed by atoms with van der Waals surface area (Å²) in [6.45, 7) is 2.44. The number of fused-ring (bicyclic) bond motifs is 2. The van der Waals surface area contributed by atoms with Crippen LogP contribution in [0, 0.1) is 0 Å². The first-order valence-corrected chi connectivity index (χ1v) is 15.1. The summed E-state index contributed by atoms with van der Waals surface area (Å²) in [5.74, 6) is 0.768. The highest BCUT2D eigenvalue weighted by molar-refractivity contribution is 7.90. The van der Waals surface area contributed by atoms with Crippen molar-refractivity contribution in [3.63, 3.8) is 0 Å². The number of anilines is 2. The van der Waals surface area contributed by atoms with Crippen LogP contribution in [-0.4, -0.2) is 72.0 Å². The van der Waals surface area contributed by atoms with Crippen molar-refractivity contribution < 1.29 is 17.9 Å². The molecule has 0 aliphatic carbocycles. The summed E-state index contributed by atoms with van der Waals surface area (Å²) in [7, 11) is -0.105. The molecule has 1 N–H and O–H groups in total. The number of hydrogen-bond donors (Lipinski definition) is 1. The van der Waals surface area contributed by atoms with Crippen molar-refractivity contribution in [3.8, 4) is 11.1 Å². The molecule has 0 saturated carbocycles. The smallest absolute Gasteiger partial charge is 0.321 e. The van der Waals surface area contributed by atoms with Crippen LogP contribution in [-0.2, 0) is 34.6 Å². The second-order valence-corrected chi connectivity index (χ2v) is 12.4. The zero-order chi connectivity index (χ0) is 27.3. The molecule has 0 radical (unpaired) electrons. The van der Waals surface area contributed by atoms with Gasteiger partial charge in [0.15, 0.2) is 15.7 Å². The molecule has 0 spiro atoms. The van der Waals surface area contributed by atoms with Crippen molar-refractivity contribution in [2.24, 2.45) is 7.05 Å². The molecule has 3 aromatic rings.